The standard InChI is InChI=1S/C16H17ClN6O2/c1-9-19-14(22-25-9)8-18-16(24)23-6-2-3-13(23)15-20-11-5-4-10(17)7-12(11)21-15/h4-5,7,13H,2-3,6,8H2,1H3,(H,18,24)(H,20,21)/t13-/m1/s1. The van der Waals surface area contributed by atoms with Gasteiger partial charge in [0.2, 0.25) is 5.89 Å². The fourth-order valence-electron chi connectivity index (χ4n) is 3.12. The van der Waals surface area contributed by atoms with Gasteiger partial charge in [0.25, 0.3) is 0 Å². The number of hydrogen-bond donors (Lipinski definition) is 2. The molecular formula is C16H17ClN6O2. The monoisotopic (exact) mass is 360 g/mol. The average molecular weight is 361 g/mol. The highest BCUT2D eigenvalue weighted by Crippen LogP contribution is 2.31. The molecule has 9 heteroatoms. The third-order valence-corrected chi connectivity index (χ3v) is 4.49. The summed E-state index contributed by atoms with van der Waals surface area (Å²) in [4.78, 5) is 26.3. The summed E-state index contributed by atoms with van der Waals surface area (Å²) in [6.45, 7) is 2.62. The van der Waals surface area contributed by atoms with Gasteiger partial charge in [-0.3, -0.25) is 0 Å². The summed E-state index contributed by atoms with van der Waals surface area (Å²) in [6.07, 6.45) is 1.79. The Labute approximate surface area is 148 Å². The predicted molar refractivity (Wildman–Crippen MR) is 91.1 cm³/mol. The molecule has 0 bridgehead atoms. The lowest BCUT2D eigenvalue weighted by molar-refractivity contribution is 0.190. The number of carbonyl (C=O) groups excluding carboxylic acids is 1. The van der Waals surface area contributed by atoms with Crippen LogP contribution in [0.4, 0.5) is 4.79 Å². The minimum absolute atomic E-state index is 0.0850. The summed E-state index contributed by atoms with van der Waals surface area (Å²) in [6, 6.07) is 5.27. The van der Waals surface area contributed by atoms with Crippen molar-refractivity contribution in [2.45, 2.75) is 32.4 Å². The molecule has 3 heterocycles. The third-order valence-electron chi connectivity index (χ3n) is 4.26. The Morgan fingerprint density at radius 3 is 3.16 bits per heavy atom. The van der Waals surface area contributed by atoms with Crippen LogP contribution in [0.15, 0.2) is 22.7 Å². The maximum atomic E-state index is 12.5. The van der Waals surface area contributed by atoms with E-state index < -0.39 is 0 Å². The first-order chi connectivity index (χ1) is 12.1. The number of aromatic nitrogens is 4. The van der Waals surface area contributed by atoms with Crippen molar-refractivity contribution in [1.29, 1.82) is 0 Å². The molecule has 1 aliphatic rings. The zero-order valence-electron chi connectivity index (χ0n) is 13.6. The summed E-state index contributed by atoms with van der Waals surface area (Å²) in [5.41, 5.74) is 1.71. The molecule has 1 atom stereocenters. The van der Waals surface area contributed by atoms with Crippen LogP contribution >= 0.6 is 11.6 Å². The van der Waals surface area contributed by atoms with Gasteiger partial charge in [-0.15, -0.1) is 0 Å². The van der Waals surface area contributed by atoms with Gasteiger partial charge >= 0.3 is 6.03 Å². The Balaban J connectivity index is 1.49. The van der Waals surface area contributed by atoms with Crippen molar-refractivity contribution in [2.75, 3.05) is 6.54 Å². The minimum Gasteiger partial charge on any atom is -0.340 e. The second-order valence-corrected chi connectivity index (χ2v) is 6.46. The molecule has 0 unspecified atom stereocenters. The smallest absolute Gasteiger partial charge is 0.318 e. The van der Waals surface area contributed by atoms with Crippen molar-refractivity contribution in [1.82, 2.24) is 30.3 Å². The van der Waals surface area contributed by atoms with Crippen molar-refractivity contribution < 1.29 is 9.32 Å². The molecule has 0 radical (unpaired) electrons. The zero-order valence-corrected chi connectivity index (χ0v) is 14.4. The fraction of sp³-hybridized carbons (Fsp3) is 0.375. The number of aryl methyl sites for hydroxylation is 1. The minimum atomic E-state index is -0.163. The highest BCUT2D eigenvalue weighted by atomic mass is 35.5. The van der Waals surface area contributed by atoms with Crippen LogP contribution in [0.25, 0.3) is 11.0 Å². The molecule has 8 nitrogen and oxygen atoms in total. The van der Waals surface area contributed by atoms with Gasteiger partial charge in [0, 0.05) is 18.5 Å². The number of halogens is 1. The van der Waals surface area contributed by atoms with E-state index in [0.29, 0.717) is 23.3 Å². The predicted octanol–water partition coefficient (Wildman–Crippen LogP) is 2.95. The number of amides is 2. The molecule has 130 valence electrons. The van der Waals surface area contributed by atoms with Gasteiger partial charge in [0.05, 0.1) is 23.6 Å². The number of nitrogens with zero attached hydrogens (tertiary/aromatic N) is 4. The number of H-pyrrole nitrogens is 1. The molecule has 2 N–H and O–H groups in total. The SMILES string of the molecule is Cc1nc(CNC(=O)N2CCC[C@@H]2c2nc3ccc(Cl)cc3[nH]2)no1. The highest BCUT2D eigenvalue weighted by molar-refractivity contribution is 6.31. The maximum absolute atomic E-state index is 12.5. The van der Waals surface area contributed by atoms with Gasteiger partial charge in [0.15, 0.2) is 5.82 Å². The number of likely N-dealkylation sites (tertiary alicyclic amines) is 1. The summed E-state index contributed by atoms with van der Waals surface area (Å²) in [7, 11) is 0. The molecule has 1 aliphatic heterocycles. The number of rotatable bonds is 3. The van der Waals surface area contributed by atoms with Crippen LogP contribution in [0.5, 0.6) is 0 Å². The molecule has 2 aromatic heterocycles. The molecule has 1 saturated heterocycles. The number of urea groups is 1. The van der Waals surface area contributed by atoms with Crippen LogP contribution < -0.4 is 5.32 Å². The number of carbonyl (C=O) groups is 1. The van der Waals surface area contributed by atoms with Crippen molar-refractivity contribution >= 4 is 28.7 Å². The van der Waals surface area contributed by atoms with E-state index in [0.717, 1.165) is 29.7 Å². The van der Waals surface area contributed by atoms with Gasteiger partial charge in [-0.25, -0.2) is 9.78 Å². The van der Waals surface area contributed by atoms with Crippen LogP contribution in [0.3, 0.4) is 0 Å². The molecule has 2 amide bonds. The summed E-state index contributed by atoms with van der Waals surface area (Å²) in [5, 5.41) is 7.27. The van der Waals surface area contributed by atoms with Crippen LogP contribution in [0.1, 0.15) is 36.4 Å². The summed E-state index contributed by atoms with van der Waals surface area (Å²) < 4.78 is 4.90. The summed E-state index contributed by atoms with van der Waals surface area (Å²) >= 11 is 6.03. The van der Waals surface area contributed by atoms with E-state index in [1.807, 2.05) is 12.1 Å². The van der Waals surface area contributed by atoms with Crippen molar-refractivity contribution in [3.63, 3.8) is 0 Å². The Morgan fingerprint density at radius 2 is 2.36 bits per heavy atom. The largest absolute Gasteiger partial charge is 0.340 e. The molecule has 0 saturated carbocycles. The van der Waals surface area contributed by atoms with Crippen molar-refractivity contribution in [3.05, 3.63) is 40.8 Å². The molecule has 3 aromatic rings. The third kappa shape index (κ3) is 3.17. The summed E-state index contributed by atoms with van der Waals surface area (Å²) in [5.74, 6) is 1.71. The van der Waals surface area contributed by atoms with E-state index in [1.165, 1.54) is 0 Å². The average Bonchev–Trinajstić information content (AvgIpc) is 3.30. The second-order valence-electron chi connectivity index (χ2n) is 6.02. The maximum Gasteiger partial charge on any atom is 0.318 e. The molecule has 25 heavy (non-hydrogen) atoms. The number of hydrogen-bond acceptors (Lipinski definition) is 5. The van der Waals surface area contributed by atoms with Crippen molar-refractivity contribution in [2.24, 2.45) is 0 Å². The molecule has 1 aromatic carbocycles. The van der Waals surface area contributed by atoms with E-state index in [1.54, 1.807) is 17.9 Å². The van der Waals surface area contributed by atoms with E-state index in [4.69, 9.17) is 16.1 Å². The normalized spacial score (nSPS) is 17.4. The van der Waals surface area contributed by atoms with E-state index >= 15 is 0 Å². The lowest BCUT2D eigenvalue weighted by Crippen LogP contribution is -2.39. The van der Waals surface area contributed by atoms with Crippen molar-refractivity contribution in [3.8, 4) is 0 Å². The van der Waals surface area contributed by atoms with Crippen LogP contribution in [-0.2, 0) is 6.54 Å². The number of aromatic amines is 1. The van der Waals surface area contributed by atoms with E-state index in [2.05, 4.69) is 25.4 Å². The number of nitrogens with one attached hydrogen (secondary N) is 2. The lowest BCUT2D eigenvalue weighted by atomic mass is 10.2. The first-order valence-electron chi connectivity index (χ1n) is 8.09. The Morgan fingerprint density at radius 1 is 1.48 bits per heavy atom. The van der Waals surface area contributed by atoms with Gasteiger partial charge < -0.3 is 19.7 Å². The number of benzene rings is 1. The topological polar surface area (TPSA) is 99.9 Å². The van der Waals surface area contributed by atoms with Crippen LogP contribution in [0, 0.1) is 6.92 Å². The first kappa shape index (κ1) is 15.9. The van der Waals surface area contributed by atoms with Gasteiger partial charge in [-0.05, 0) is 31.0 Å². The van der Waals surface area contributed by atoms with Gasteiger partial charge in [-0.2, -0.15) is 4.98 Å². The van der Waals surface area contributed by atoms with Gasteiger partial charge in [0.1, 0.15) is 5.82 Å². The van der Waals surface area contributed by atoms with Crippen LogP contribution in [0.2, 0.25) is 5.02 Å². The van der Waals surface area contributed by atoms with Gasteiger partial charge in [-0.1, -0.05) is 16.8 Å². The fourth-order valence-corrected chi connectivity index (χ4v) is 3.29. The zero-order chi connectivity index (χ0) is 17.4. The van der Waals surface area contributed by atoms with E-state index in [9.17, 15) is 4.79 Å². The number of imidazole rings is 1. The molecule has 0 spiro atoms. The van der Waals surface area contributed by atoms with Crippen LogP contribution in [-0.4, -0.2) is 37.6 Å². The second kappa shape index (κ2) is 6.36. The lowest BCUT2D eigenvalue weighted by Gasteiger charge is -2.23. The number of fused-ring (bicyclic) bond motifs is 1. The Kier molecular flexibility index (Phi) is 4.04. The Hall–Kier alpha value is -2.61. The molecule has 0 aliphatic carbocycles. The quantitative estimate of drug-likeness (QED) is 0.748. The molecule has 1 fully saturated rings. The highest BCUT2D eigenvalue weighted by Gasteiger charge is 2.32. The Bertz CT molecular complexity index is 920. The molecular weight excluding hydrogens is 344 g/mol. The molecule has 4 rings (SSSR count). The first-order valence-corrected chi connectivity index (χ1v) is 8.47. The van der Waals surface area contributed by atoms with E-state index in [-0.39, 0.29) is 18.6 Å².